The van der Waals surface area contributed by atoms with Crippen molar-refractivity contribution in [2.45, 2.75) is 19.9 Å². The van der Waals surface area contributed by atoms with Crippen LogP contribution in [0.15, 0.2) is 24.3 Å². The Kier molecular flexibility index (Phi) is 5.46. The van der Waals surface area contributed by atoms with E-state index in [2.05, 4.69) is 22.0 Å². The monoisotopic (exact) mass is 306 g/mol. The van der Waals surface area contributed by atoms with E-state index in [-0.39, 0.29) is 17.6 Å². The van der Waals surface area contributed by atoms with Crippen molar-refractivity contribution in [3.63, 3.8) is 0 Å². The Balaban J connectivity index is 1.94. The SMILES string of the molecule is CCN1CCN(C(C)C(=O)Nc2cccc([N+](=O)[O-])c2)CC1. The molecule has 7 heteroatoms. The predicted octanol–water partition coefficient (Wildman–Crippen LogP) is 1.56. The van der Waals surface area contributed by atoms with Crippen LogP contribution in [0.4, 0.5) is 11.4 Å². The average Bonchev–Trinajstić information content (AvgIpc) is 2.54. The number of hydrogen-bond donors (Lipinski definition) is 1. The second kappa shape index (κ2) is 7.33. The molecule has 1 fully saturated rings. The molecule has 1 aromatic rings. The van der Waals surface area contributed by atoms with Gasteiger partial charge in [-0.15, -0.1) is 0 Å². The zero-order valence-corrected chi connectivity index (χ0v) is 13.0. The van der Waals surface area contributed by atoms with Crippen molar-refractivity contribution in [2.75, 3.05) is 38.0 Å². The molecule has 1 aliphatic rings. The van der Waals surface area contributed by atoms with Crippen LogP contribution in [0.1, 0.15) is 13.8 Å². The lowest BCUT2D eigenvalue weighted by atomic mass is 10.2. The predicted molar refractivity (Wildman–Crippen MR) is 84.9 cm³/mol. The van der Waals surface area contributed by atoms with Crippen molar-refractivity contribution < 1.29 is 9.72 Å². The molecule has 1 atom stereocenters. The zero-order valence-electron chi connectivity index (χ0n) is 13.0. The van der Waals surface area contributed by atoms with Gasteiger partial charge in [-0.2, -0.15) is 0 Å². The van der Waals surface area contributed by atoms with Crippen LogP contribution in [0, 0.1) is 10.1 Å². The van der Waals surface area contributed by atoms with Crippen LogP contribution in [0.5, 0.6) is 0 Å². The summed E-state index contributed by atoms with van der Waals surface area (Å²) in [6.45, 7) is 8.68. The maximum Gasteiger partial charge on any atom is 0.271 e. The topological polar surface area (TPSA) is 78.7 Å². The van der Waals surface area contributed by atoms with Gasteiger partial charge in [0.2, 0.25) is 5.91 Å². The number of nitro benzene ring substituents is 1. The molecule has 1 amide bonds. The minimum absolute atomic E-state index is 0.0259. The summed E-state index contributed by atoms with van der Waals surface area (Å²) < 4.78 is 0. The highest BCUT2D eigenvalue weighted by molar-refractivity contribution is 5.94. The van der Waals surface area contributed by atoms with Gasteiger partial charge >= 0.3 is 0 Å². The van der Waals surface area contributed by atoms with Gasteiger partial charge in [-0.3, -0.25) is 19.8 Å². The number of carbonyl (C=O) groups excluding carboxylic acids is 1. The first-order chi connectivity index (χ1) is 10.5. The van der Waals surface area contributed by atoms with Crippen LogP contribution in [0.25, 0.3) is 0 Å². The number of rotatable bonds is 5. The van der Waals surface area contributed by atoms with Gasteiger partial charge in [-0.05, 0) is 19.5 Å². The Labute approximate surface area is 130 Å². The van der Waals surface area contributed by atoms with Gasteiger partial charge in [0.25, 0.3) is 5.69 Å². The van der Waals surface area contributed by atoms with E-state index in [9.17, 15) is 14.9 Å². The summed E-state index contributed by atoms with van der Waals surface area (Å²) in [5.41, 5.74) is 0.431. The molecule has 0 bridgehead atoms. The van der Waals surface area contributed by atoms with Crippen LogP contribution < -0.4 is 5.32 Å². The molecule has 1 heterocycles. The van der Waals surface area contributed by atoms with Gasteiger partial charge in [-0.1, -0.05) is 13.0 Å². The highest BCUT2D eigenvalue weighted by atomic mass is 16.6. The van der Waals surface area contributed by atoms with Gasteiger partial charge in [0.05, 0.1) is 11.0 Å². The number of benzene rings is 1. The number of hydrogen-bond acceptors (Lipinski definition) is 5. The molecule has 22 heavy (non-hydrogen) atoms. The van der Waals surface area contributed by atoms with E-state index in [1.807, 2.05) is 6.92 Å². The lowest BCUT2D eigenvalue weighted by Crippen LogP contribution is -2.52. The molecule has 0 aromatic heterocycles. The number of non-ortho nitro benzene ring substituents is 1. The summed E-state index contributed by atoms with van der Waals surface area (Å²) in [4.78, 5) is 27.1. The number of nitro groups is 1. The van der Waals surface area contributed by atoms with Gasteiger partial charge in [0, 0.05) is 44.0 Å². The Morgan fingerprint density at radius 2 is 2.05 bits per heavy atom. The third-order valence-corrected chi connectivity index (χ3v) is 4.11. The van der Waals surface area contributed by atoms with Gasteiger partial charge < -0.3 is 10.2 Å². The van der Waals surface area contributed by atoms with E-state index in [1.165, 1.54) is 12.1 Å². The summed E-state index contributed by atoms with van der Waals surface area (Å²) >= 11 is 0. The van der Waals surface area contributed by atoms with E-state index in [0.29, 0.717) is 5.69 Å². The summed E-state index contributed by atoms with van der Waals surface area (Å²) in [5, 5.41) is 13.5. The van der Waals surface area contributed by atoms with E-state index in [1.54, 1.807) is 12.1 Å². The van der Waals surface area contributed by atoms with Crippen molar-refractivity contribution in [3.05, 3.63) is 34.4 Å². The second-order valence-corrected chi connectivity index (χ2v) is 5.44. The molecule has 0 saturated carbocycles. The Morgan fingerprint density at radius 3 is 2.64 bits per heavy atom. The molecule has 7 nitrogen and oxygen atoms in total. The molecule has 0 radical (unpaired) electrons. The molecular weight excluding hydrogens is 284 g/mol. The highest BCUT2D eigenvalue weighted by Crippen LogP contribution is 2.18. The average molecular weight is 306 g/mol. The summed E-state index contributed by atoms with van der Waals surface area (Å²) in [6, 6.07) is 5.76. The fraction of sp³-hybridized carbons (Fsp3) is 0.533. The Hall–Kier alpha value is -1.99. The number of likely N-dealkylation sites (N-methyl/N-ethyl adjacent to an activating group) is 1. The highest BCUT2D eigenvalue weighted by Gasteiger charge is 2.25. The molecule has 120 valence electrons. The molecular formula is C15H22N4O3. The zero-order chi connectivity index (χ0) is 16.1. The van der Waals surface area contributed by atoms with Crippen molar-refractivity contribution >= 4 is 17.3 Å². The van der Waals surface area contributed by atoms with E-state index in [4.69, 9.17) is 0 Å². The molecule has 2 rings (SSSR count). The Morgan fingerprint density at radius 1 is 1.36 bits per heavy atom. The number of nitrogens with zero attached hydrogens (tertiary/aromatic N) is 3. The van der Waals surface area contributed by atoms with Gasteiger partial charge in [0.1, 0.15) is 0 Å². The molecule has 0 aliphatic carbocycles. The largest absolute Gasteiger partial charge is 0.324 e. The van der Waals surface area contributed by atoms with Crippen LogP contribution in [0.2, 0.25) is 0 Å². The van der Waals surface area contributed by atoms with Gasteiger partial charge in [-0.25, -0.2) is 0 Å². The normalized spacial score (nSPS) is 17.9. The number of carbonyl (C=O) groups is 1. The second-order valence-electron chi connectivity index (χ2n) is 5.44. The number of nitrogens with one attached hydrogen (secondary N) is 1. The standard InChI is InChI=1S/C15H22N4O3/c1-3-17-7-9-18(10-8-17)12(2)15(20)16-13-5-4-6-14(11-13)19(21)22/h4-6,11-12H,3,7-10H2,1-2H3,(H,16,20). The maximum absolute atomic E-state index is 12.3. The molecule has 1 N–H and O–H groups in total. The molecule has 1 aromatic carbocycles. The fourth-order valence-electron chi connectivity index (χ4n) is 2.58. The van der Waals surface area contributed by atoms with Crippen LogP contribution >= 0.6 is 0 Å². The summed E-state index contributed by atoms with van der Waals surface area (Å²) in [6.07, 6.45) is 0. The Bertz CT molecular complexity index is 541. The smallest absolute Gasteiger partial charge is 0.271 e. The molecule has 1 unspecified atom stereocenters. The van der Waals surface area contributed by atoms with Crippen LogP contribution in [0.3, 0.4) is 0 Å². The van der Waals surface area contributed by atoms with Crippen molar-refractivity contribution in [1.82, 2.24) is 9.80 Å². The molecule has 1 saturated heterocycles. The molecule has 0 spiro atoms. The van der Waals surface area contributed by atoms with Crippen molar-refractivity contribution in [2.24, 2.45) is 0 Å². The lowest BCUT2D eigenvalue weighted by molar-refractivity contribution is -0.384. The third-order valence-electron chi connectivity index (χ3n) is 4.11. The van der Waals surface area contributed by atoms with Crippen molar-refractivity contribution in [1.29, 1.82) is 0 Å². The lowest BCUT2D eigenvalue weighted by Gasteiger charge is -2.36. The number of anilines is 1. The van der Waals surface area contributed by atoms with E-state index >= 15 is 0 Å². The minimum Gasteiger partial charge on any atom is -0.324 e. The molecule has 1 aliphatic heterocycles. The fourth-order valence-corrected chi connectivity index (χ4v) is 2.58. The first kappa shape index (κ1) is 16.4. The summed E-state index contributed by atoms with van der Waals surface area (Å²) in [7, 11) is 0. The third kappa shape index (κ3) is 4.02. The quantitative estimate of drug-likeness (QED) is 0.660. The van der Waals surface area contributed by atoms with Gasteiger partial charge in [0.15, 0.2) is 0 Å². The van der Waals surface area contributed by atoms with E-state index in [0.717, 1.165) is 32.7 Å². The van der Waals surface area contributed by atoms with Crippen LogP contribution in [-0.4, -0.2) is 59.4 Å². The number of piperazine rings is 1. The first-order valence-electron chi connectivity index (χ1n) is 7.53. The number of amides is 1. The van der Waals surface area contributed by atoms with Crippen LogP contribution in [-0.2, 0) is 4.79 Å². The van der Waals surface area contributed by atoms with E-state index < -0.39 is 4.92 Å². The summed E-state index contributed by atoms with van der Waals surface area (Å²) in [5.74, 6) is -0.134. The van der Waals surface area contributed by atoms with Crippen molar-refractivity contribution in [3.8, 4) is 0 Å². The first-order valence-corrected chi connectivity index (χ1v) is 7.53. The minimum atomic E-state index is -0.469. The maximum atomic E-state index is 12.3.